The summed E-state index contributed by atoms with van der Waals surface area (Å²) in [4.78, 5) is 57.7. The molecule has 14 atom stereocenters. The van der Waals surface area contributed by atoms with Crippen LogP contribution in [0.4, 0.5) is 0 Å². The number of ether oxygens (including phenoxy) is 5. The Morgan fingerprint density at radius 2 is 1.54 bits per heavy atom. The molecule has 57 heavy (non-hydrogen) atoms. The standard InChI is InChI=1S/C44H69NO12/c1-10-13-30-19-25(2)18-26(3)20-37(54-8)40-38(55-9)22-29(6)44(52,57-40)41(49)42(50)45-17-12-11-14-32(45)43(51)56-39(31-15-16-33(46)36(23-31)53-7)28(5)21-27(4)34(47)24-35(30)48/h10,19,21,26-27,29-34,36-40,46-47,52H,1,11-18,20,22-24H2,2-9H3/b25-19+,28-21+/t26-,27+,29-,30-,31+,32+,33+,34-,36+,37+,38+,39+,40-,44-/m1/s1. The minimum atomic E-state index is -2.51. The summed E-state index contributed by atoms with van der Waals surface area (Å²) >= 11 is 0. The quantitative estimate of drug-likeness (QED) is 0.193. The predicted molar refractivity (Wildman–Crippen MR) is 213 cm³/mol. The van der Waals surface area contributed by atoms with E-state index in [1.807, 2.05) is 39.8 Å². The van der Waals surface area contributed by atoms with E-state index in [4.69, 9.17) is 23.7 Å². The Hall–Kier alpha value is -2.78. The number of rotatable bonds is 6. The molecule has 1 amide bonds. The van der Waals surface area contributed by atoms with E-state index in [-0.39, 0.29) is 43.4 Å². The molecule has 2 saturated heterocycles. The van der Waals surface area contributed by atoms with Crippen molar-refractivity contribution in [3.05, 3.63) is 36.0 Å². The third-order valence-corrected chi connectivity index (χ3v) is 12.9. The summed E-state index contributed by atoms with van der Waals surface area (Å²) in [5.74, 6) is -7.58. The lowest BCUT2D eigenvalue weighted by Gasteiger charge is -2.47. The van der Waals surface area contributed by atoms with Crippen LogP contribution in [0.25, 0.3) is 0 Å². The number of methoxy groups -OCH3 is 3. The van der Waals surface area contributed by atoms with Crippen LogP contribution in [0.1, 0.15) is 105 Å². The SMILES string of the molecule is C=CC[C@@H]1/C=C(\C)C[C@@H](C)C[C@H](OC)[C@H]2O[C@@](O)(C(=O)C(=O)N3CCCC[C@H]3C(=O)O[C@H]([C@H]3CC[C@H](O)[C@@H](OC)C3)/C(C)=C/[C@H](C)[C@H](O)CC1=O)[C@H](C)C[C@@H]2OC. The predicted octanol–water partition coefficient (Wildman–Crippen LogP) is 4.64. The van der Waals surface area contributed by atoms with Crippen LogP contribution >= 0.6 is 0 Å². The van der Waals surface area contributed by atoms with E-state index in [1.54, 1.807) is 13.0 Å². The van der Waals surface area contributed by atoms with Crippen LogP contribution in [0.15, 0.2) is 36.0 Å². The van der Waals surface area contributed by atoms with Gasteiger partial charge in [-0.2, -0.15) is 0 Å². The number of allylic oxidation sites excluding steroid dienone is 3. The molecular weight excluding hydrogens is 734 g/mol. The highest BCUT2D eigenvalue weighted by atomic mass is 16.7. The van der Waals surface area contributed by atoms with Gasteiger partial charge >= 0.3 is 5.97 Å². The molecule has 4 rings (SSSR count). The number of Topliss-reactive ketones (excluding diaryl/α,β-unsaturated/α-hetero) is 2. The average molecular weight is 804 g/mol. The first kappa shape index (κ1) is 46.9. The second-order valence-electron chi connectivity index (χ2n) is 17.3. The van der Waals surface area contributed by atoms with Crippen LogP contribution in [0.2, 0.25) is 0 Å². The van der Waals surface area contributed by atoms with Crippen LogP contribution in [0.5, 0.6) is 0 Å². The Bertz CT molecular complexity index is 1480. The Morgan fingerprint density at radius 1 is 0.877 bits per heavy atom. The van der Waals surface area contributed by atoms with Gasteiger partial charge in [0, 0.05) is 58.0 Å². The lowest BCUT2D eigenvalue weighted by molar-refractivity contribution is -0.302. The number of carbonyl (C=O) groups is 4. The van der Waals surface area contributed by atoms with Crippen molar-refractivity contribution in [1.82, 2.24) is 4.90 Å². The molecular formula is C44H69NO12. The van der Waals surface area contributed by atoms with Crippen molar-refractivity contribution >= 4 is 23.4 Å². The van der Waals surface area contributed by atoms with E-state index in [0.717, 1.165) is 5.57 Å². The van der Waals surface area contributed by atoms with E-state index >= 15 is 0 Å². The molecule has 1 saturated carbocycles. The number of esters is 1. The molecule has 4 aliphatic rings. The largest absolute Gasteiger partial charge is 0.456 e. The van der Waals surface area contributed by atoms with Gasteiger partial charge in [-0.3, -0.25) is 14.4 Å². The molecule has 0 spiro atoms. The van der Waals surface area contributed by atoms with Gasteiger partial charge in [0.2, 0.25) is 5.79 Å². The van der Waals surface area contributed by atoms with Crippen molar-refractivity contribution in [3.63, 3.8) is 0 Å². The fourth-order valence-electron chi connectivity index (χ4n) is 9.45. The molecule has 0 radical (unpaired) electrons. The number of amides is 1. The van der Waals surface area contributed by atoms with Crippen molar-refractivity contribution in [1.29, 1.82) is 0 Å². The van der Waals surface area contributed by atoms with Crippen LogP contribution < -0.4 is 0 Å². The molecule has 13 heteroatoms. The minimum absolute atomic E-state index is 0.0107. The third-order valence-electron chi connectivity index (χ3n) is 12.9. The Balaban J connectivity index is 1.78. The van der Waals surface area contributed by atoms with Gasteiger partial charge in [-0.1, -0.05) is 44.6 Å². The highest BCUT2D eigenvalue weighted by molar-refractivity contribution is 6.39. The molecule has 0 aromatic rings. The minimum Gasteiger partial charge on any atom is -0.456 e. The first-order valence-electron chi connectivity index (χ1n) is 20.9. The molecule has 0 aromatic carbocycles. The molecule has 0 aromatic heterocycles. The first-order chi connectivity index (χ1) is 27.0. The van der Waals surface area contributed by atoms with Gasteiger partial charge in [0.05, 0.1) is 30.5 Å². The Morgan fingerprint density at radius 3 is 2.19 bits per heavy atom. The molecule has 3 fully saturated rings. The second-order valence-corrected chi connectivity index (χ2v) is 17.3. The maximum absolute atomic E-state index is 14.3. The van der Waals surface area contributed by atoms with Gasteiger partial charge in [0.25, 0.3) is 11.7 Å². The van der Waals surface area contributed by atoms with Crippen molar-refractivity contribution < 1.29 is 58.2 Å². The van der Waals surface area contributed by atoms with Gasteiger partial charge in [-0.25, -0.2) is 4.79 Å². The zero-order valence-corrected chi connectivity index (χ0v) is 35.4. The van der Waals surface area contributed by atoms with Crippen LogP contribution in [-0.4, -0.2) is 126 Å². The third kappa shape index (κ3) is 11.3. The number of piperidine rings is 1. The highest BCUT2D eigenvalue weighted by Gasteiger charge is 2.56. The first-order valence-corrected chi connectivity index (χ1v) is 20.9. The maximum Gasteiger partial charge on any atom is 0.329 e. The van der Waals surface area contributed by atoms with Crippen LogP contribution in [0.3, 0.4) is 0 Å². The number of hydrogen-bond acceptors (Lipinski definition) is 12. The highest BCUT2D eigenvalue weighted by Crippen LogP contribution is 2.39. The van der Waals surface area contributed by atoms with Gasteiger partial charge in [-0.05, 0) is 89.5 Å². The van der Waals surface area contributed by atoms with E-state index in [0.29, 0.717) is 56.9 Å². The summed E-state index contributed by atoms with van der Waals surface area (Å²) in [6.07, 6.45) is 4.67. The Labute approximate surface area is 339 Å². The molecule has 3 heterocycles. The fraction of sp³-hybridized carbons (Fsp3) is 0.773. The normalized spacial score (nSPS) is 41.9. The number of nitrogens with zero attached hydrogens (tertiary/aromatic N) is 1. The summed E-state index contributed by atoms with van der Waals surface area (Å²) in [5, 5.41) is 34.0. The number of ketones is 2. The zero-order valence-electron chi connectivity index (χ0n) is 35.4. The summed E-state index contributed by atoms with van der Waals surface area (Å²) in [6.45, 7) is 13.2. The molecule has 2 bridgehead atoms. The molecule has 322 valence electrons. The summed E-state index contributed by atoms with van der Waals surface area (Å²) < 4.78 is 29.9. The molecule has 13 nitrogen and oxygen atoms in total. The van der Waals surface area contributed by atoms with E-state index in [2.05, 4.69) is 6.58 Å². The van der Waals surface area contributed by atoms with Crippen molar-refractivity contribution in [2.75, 3.05) is 27.9 Å². The van der Waals surface area contributed by atoms with Crippen LogP contribution in [-0.2, 0) is 42.9 Å². The van der Waals surface area contributed by atoms with E-state index in [9.17, 15) is 34.5 Å². The van der Waals surface area contributed by atoms with Gasteiger partial charge in [0.1, 0.15) is 24.0 Å². The molecule has 3 N–H and O–H groups in total. The number of aliphatic hydroxyl groups is 3. The van der Waals surface area contributed by atoms with Crippen molar-refractivity contribution in [3.8, 4) is 0 Å². The maximum atomic E-state index is 14.3. The number of carbonyl (C=O) groups excluding carboxylic acids is 4. The fourth-order valence-corrected chi connectivity index (χ4v) is 9.45. The Kier molecular flexibility index (Phi) is 17.2. The van der Waals surface area contributed by atoms with Crippen molar-refractivity contribution in [2.45, 2.75) is 160 Å². The van der Waals surface area contributed by atoms with Crippen molar-refractivity contribution in [2.24, 2.45) is 29.6 Å². The number of fused-ring (bicyclic) bond motifs is 3. The summed E-state index contributed by atoms with van der Waals surface area (Å²) in [6, 6.07) is -1.10. The van der Waals surface area contributed by atoms with Gasteiger partial charge < -0.3 is 43.9 Å². The number of aliphatic hydroxyl groups excluding tert-OH is 2. The van der Waals surface area contributed by atoms with E-state index in [1.165, 1.54) is 26.2 Å². The summed E-state index contributed by atoms with van der Waals surface area (Å²) in [5.41, 5.74) is 1.62. The number of cyclic esters (lactones) is 1. The lowest BCUT2D eigenvalue weighted by atomic mass is 9.79. The topological polar surface area (TPSA) is 178 Å². The summed E-state index contributed by atoms with van der Waals surface area (Å²) in [7, 11) is 4.58. The van der Waals surface area contributed by atoms with Crippen LogP contribution in [0, 0.1) is 29.6 Å². The van der Waals surface area contributed by atoms with E-state index < -0.39 is 90.0 Å². The molecule has 1 aliphatic carbocycles. The smallest absolute Gasteiger partial charge is 0.329 e. The molecule has 0 unspecified atom stereocenters. The van der Waals surface area contributed by atoms with Gasteiger partial charge in [0.15, 0.2) is 0 Å². The molecule has 3 aliphatic heterocycles. The van der Waals surface area contributed by atoms with Gasteiger partial charge in [-0.15, -0.1) is 6.58 Å². The monoisotopic (exact) mass is 803 g/mol. The second kappa shape index (κ2) is 21.0. The zero-order chi connectivity index (χ0) is 42.2. The lowest BCUT2D eigenvalue weighted by Crippen LogP contribution is -2.64. The number of hydrogen-bond donors (Lipinski definition) is 3. The average Bonchev–Trinajstić information content (AvgIpc) is 3.18.